The Bertz CT molecular complexity index is 690. The average Bonchev–Trinajstić information content (AvgIpc) is 2.82. The maximum Gasteiger partial charge on any atom is 0.293 e. The molecule has 0 unspecified atom stereocenters. The van der Waals surface area contributed by atoms with Gasteiger partial charge in [0.1, 0.15) is 0 Å². The zero-order valence-electron chi connectivity index (χ0n) is 14.6. The summed E-state index contributed by atoms with van der Waals surface area (Å²) in [5.41, 5.74) is 0.818. The number of carbonyl (C=O) groups is 2. The van der Waals surface area contributed by atoms with E-state index in [9.17, 15) is 9.59 Å². The van der Waals surface area contributed by atoms with Gasteiger partial charge in [-0.1, -0.05) is 13.8 Å². The second-order valence-corrected chi connectivity index (χ2v) is 7.60. The molecule has 1 saturated heterocycles. The summed E-state index contributed by atoms with van der Waals surface area (Å²) in [6.45, 7) is 7.50. The second-order valence-electron chi connectivity index (χ2n) is 5.44. The summed E-state index contributed by atoms with van der Waals surface area (Å²) >= 11 is 3.18. The molecule has 1 aromatic rings. The Morgan fingerprint density at radius 3 is 2.56 bits per heavy atom. The fourth-order valence-electron chi connectivity index (χ4n) is 2.35. The third kappa shape index (κ3) is 4.91. The highest BCUT2D eigenvalue weighted by molar-refractivity contribution is 14.1. The van der Waals surface area contributed by atoms with Crippen molar-refractivity contribution in [1.82, 2.24) is 4.90 Å². The molecule has 0 N–H and O–H groups in total. The highest BCUT2D eigenvalue weighted by Crippen LogP contribution is 2.37. The standard InChI is InChI=1S/C18H22INO4S/c1-4-7-20-17(21)15(25-18(20)22)11-12-9-13(19)16(24-8-5-2)14(10-12)23-6-3/h9-11H,4-8H2,1-3H3/b15-11-. The highest BCUT2D eigenvalue weighted by Gasteiger charge is 2.34. The van der Waals surface area contributed by atoms with Crippen molar-refractivity contribution < 1.29 is 19.1 Å². The molecular weight excluding hydrogens is 453 g/mol. The minimum Gasteiger partial charge on any atom is -0.490 e. The number of hydrogen-bond donors (Lipinski definition) is 0. The zero-order chi connectivity index (χ0) is 18.4. The Morgan fingerprint density at radius 2 is 1.92 bits per heavy atom. The van der Waals surface area contributed by atoms with Crippen molar-refractivity contribution in [3.8, 4) is 11.5 Å². The van der Waals surface area contributed by atoms with E-state index in [0.717, 1.165) is 39.5 Å². The minimum absolute atomic E-state index is 0.208. The summed E-state index contributed by atoms with van der Waals surface area (Å²) in [6, 6.07) is 3.78. The van der Waals surface area contributed by atoms with E-state index in [1.807, 2.05) is 32.9 Å². The number of nitrogens with zero attached hydrogens (tertiary/aromatic N) is 1. The van der Waals surface area contributed by atoms with Gasteiger partial charge in [0.15, 0.2) is 11.5 Å². The molecule has 0 atom stereocenters. The highest BCUT2D eigenvalue weighted by atomic mass is 127. The van der Waals surface area contributed by atoms with Crippen LogP contribution in [0.1, 0.15) is 39.2 Å². The van der Waals surface area contributed by atoms with Crippen LogP contribution in [0.15, 0.2) is 17.0 Å². The molecule has 136 valence electrons. The molecule has 5 nitrogen and oxygen atoms in total. The number of rotatable bonds is 8. The molecule has 2 rings (SSSR count). The van der Waals surface area contributed by atoms with Crippen molar-refractivity contribution in [3.05, 3.63) is 26.2 Å². The summed E-state index contributed by atoms with van der Waals surface area (Å²) in [5.74, 6) is 1.15. The Kier molecular flexibility index (Phi) is 7.61. The van der Waals surface area contributed by atoms with Crippen LogP contribution in [-0.4, -0.2) is 35.8 Å². The lowest BCUT2D eigenvalue weighted by molar-refractivity contribution is -0.122. The van der Waals surface area contributed by atoms with Crippen LogP contribution < -0.4 is 9.47 Å². The zero-order valence-corrected chi connectivity index (χ0v) is 17.6. The summed E-state index contributed by atoms with van der Waals surface area (Å²) in [4.78, 5) is 26.1. The van der Waals surface area contributed by atoms with Gasteiger partial charge in [-0.3, -0.25) is 14.5 Å². The van der Waals surface area contributed by atoms with E-state index in [1.165, 1.54) is 4.90 Å². The van der Waals surface area contributed by atoms with Crippen LogP contribution in [0.3, 0.4) is 0 Å². The third-order valence-electron chi connectivity index (χ3n) is 3.40. The third-order valence-corrected chi connectivity index (χ3v) is 5.11. The quantitative estimate of drug-likeness (QED) is 0.395. The molecule has 0 spiro atoms. The van der Waals surface area contributed by atoms with Crippen LogP contribution in [0, 0.1) is 3.57 Å². The van der Waals surface area contributed by atoms with Gasteiger partial charge in [0.05, 0.1) is 21.7 Å². The summed E-state index contributed by atoms with van der Waals surface area (Å²) < 4.78 is 12.4. The lowest BCUT2D eigenvalue weighted by Crippen LogP contribution is -2.28. The van der Waals surface area contributed by atoms with E-state index in [1.54, 1.807) is 6.08 Å². The normalized spacial score (nSPS) is 16.0. The molecule has 0 aliphatic carbocycles. The van der Waals surface area contributed by atoms with Crippen LogP contribution in [-0.2, 0) is 4.79 Å². The van der Waals surface area contributed by atoms with Gasteiger partial charge in [-0.2, -0.15) is 0 Å². The van der Waals surface area contributed by atoms with Gasteiger partial charge in [-0.25, -0.2) is 0 Å². The first-order valence-corrected chi connectivity index (χ1v) is 10.3. The van der Waals surface area contributed by atoms with Gasteiger partial charge in [-0.05, 0) is 77.9 Å². The van der Waals surface area contributed by atoms with Crippen molar-refractivity contribution in [2.24, 2.45) is 0 Å². The van der Waals surface area contributed by atoms with E-state index in [-0.39, 0.29) is 11.1 Å². The molecule has 0 bridgehead atoms. The number of carbonyl (C=O) groups excluding carboxylic acids is 2. The average molecular weight is 475 g/mol. The predicted molar refractivity (Wildman–Crippen MR) is 109 cm³/mol. The second kappa shape index (κ2) is 9.47. The van der Waals surface area contributed by atoms with Crippen LogP contribution in [0.2, 0.25) is 0 Å². The van der Waals surface area contributed by atoms with Crippen LogP contribution >= 0.6 is 34.4 Å². The smallest absolute Gasteiger partial charge is 0.293 e. The van der Waals surface area contributed by atoms with Gasteiger partial charge in [0.25, 0.3) is 11.1 Å². The van der Waals surface area contributed by atoms with E-state index in [0.29, 0.717) is 30.4 Å². The van der Waals surface area contributed by atoms with E-state index in [2.05, 4.69) is 22.6 Å². The lowest BCUT2D eigenvalue weighted by atomic mass is 10.2. The molecule has 1 aliphatic heterocycles. The van der Waals surface area contributed by atoms with Gasteiger partial charge in [-0.15, -0.1) is 0 Å². The molecule has 0 saturated carbocycles. The molecule has 2 amide bonds. The first kappa shape index (κ1) is 20.1. The van der Waals surface area contributed by atoms with Crippen molar-refractivity contribution in [2.75, 3.05) is 19.8 Å². The van der Waals surface area contributed by atoms with Crippen LogP contribution in [0.4, 0.5) is 4.79 Å². The van der Waals surface area contributed by atoms with Crippen molar-refractivity contribution in [2.45, 2.75) is 33.6 Å². The Hall–Kier alpha value is -1.22. The number of thioether (sulfide) groups is 1. The maximum atomic E-state index is 12.4. The van der Waals surface area contributed by atoms with Crippen molar-refractivity contribution in [3.63, 3.8) is 0 Å². The van der Waals surface area contributed by atoms with Crippen LogP contribution in [0.5, 0.6) is 11.5 Å². The van der Waals surface area contributed by atoms with E-state index >= 15 is 0 Å². The number of hydrogen-bond acceptors (Lipinski definition) is 5. The minimum atomic E-state index is -0.226. The van der Waals surface area contributed by atoms with E-state index < -0.39 is 0 Å². The first-order chi connectivity index (χ1) is 12.0. The summed E-state index contributed by atoms with van der Waals surface area (Å²) in [7, 11) is 0. The van der Waals surface area contributed by atoms with Crippen molar-refractivity contribution in [1.29, 1.82) is 0 Å². The Labute approximate surface area is 166 Å². The number of halogens is 1. The first-order valence-electron chi connectivity index (χ1n) is 8.36. The molecule has 1 fully saturated rings. The largest absolute Gasteiger partial charge is 0.490 e. The number of amides is 2. The number of ether oxygens (including phenoxy) is 2. The van der Waals surface area contributed by atoms with Gasteiger partial charge in [0, 0.05) is 6.54 Å². The molecular formula is C18H22INO4S. The van der Waals surface area contributed by atoms with Gasteiger partial charge < -0.3 is 9.47 Å². The van der Waals surface area contributed by atoms with Gasteiger partial charge >= 0.3 is 0 Å². The van der Waals surface area contributed by atoms with Crippen molar-refractivity contribution >= 4 is 51.6 Å². The fraction of sp³-hybridized carbons (Fsp3) is 0.444. The van der Waals surface area contributed by atoms with E-state index in [4.69, 9.17) is 9.47 Å². The molecule has 1 heterocycles. The Morgan fingerprint density at radius 1 is 1.16 bits per heavy atom. The maximum absolute atomic E-state index is 12.4. The summed E-state index contributed by atoms with van der Waals surface area (Å²) in [6.07, 6.45) is 3.41. The Balaban J connectivity index is 2.33. The molecule has 1 aromatic carbocycles. The monoisotopic (exact) mass is 475 g/mol. The fourth-order valence-corrected chi connectivity index (χ4v) is 3.99. The SMILES string of the molecule is CCCOc1c(I)cc(/C=C2\SC(=O)N(CCC)C2=O)cc1OCC. The molecule has 25 heavy (non-hydrogen) atoms. The van der Waals surface area contributed by atoms with Gasteiger partial charge in [0.2, 0.25) is 0 Å². The molecule has 0 radical (unpaired) electrons. The predicted octanol–water partition coefficient (Wildman–Crippen LogP) is 4.93. The molecule has 7 heteroatoms. The van der Waals surface area contributed by atoms with Crippen LogP contribution in [0.25, 0.3) is 6.08 Å². The number of imide groups is 1. The number of benzene rings is 1. The topological polar surface area (TPSA) is 55.8 Å². The molecule has 0 aromatic heterocycles. The lowest BCUT2D eigenvalue weighted by Gasteiger charge is -2.14. The summed E-state index contributed by atoms with van der Waals surface area (Å²) in [5, 5.41) is -0.208. The molecule has 1 aliphatic rings.